The van der Waals surface area contributed by atoms with E-state index in [9.17, 15) is 4.79 Å². The van der Waals surface area contributed by atoms with Crippen LogP contribution in [0.3, 0.4) is 0 Å². The van der Waals surface area contributed by atoms with Crippen molar-refractivity contribution in [3.8, 4) is 0 Å². The van der Waals surface area contributed by atoms with Gasteiger partial charge in [-0.1, -0.05) is 12.1 Å². The summed E-state index contributed by atoms with van der Waals surface area (Å²) in [6.45, 7) is 3.57. The molecule has 2 rings (SSSR count). The van der Waals surface area contributed by atoms with Crippen LogP contribution in [0.4, 0.5) is 10.5 Å². The maximum atomic E-state index is 12.5. The third-order valence-corrected chi connectivity index (χ3v) is 3.97. The molecule has 0 aliphatic rings. The van der Waals surface area contributed by atoms with Crippen LogP contribution in [0.15, 0.2) is 48.8 Å². The lowest BCUT2D eigenvalue weighted by molar-refractivity contribution is 0.0617. The van der Waals surface area contributed by atoms with Gasteiger partial charge >= 0.3 is 6.03 Å². The standard InChI is InChI=1S/C19H25N3O3/c1-15(17-7-9-20-10-8-17)22(2)19(23)21-18-6-4-5-16(13-18)14-25-12-11-24-3/h4-10,13,15H,11-12,14H2,1-3H3,(H,21,23)/t15-/m0/s1. The van der Waals surface area contributed by atoms with Crippen molar-refractivity contribution in [2.75, 3.05) is 32.7 Å². The van der Waals surface area contributed by atoms with Gasteiger partial charge in [-0.15, -0.1) is 0 Å². The summed E-state index contributed by atoms with van der Waals surface area (Å²) in [6.07, 6.45) is 3.45. The summed E-state index contributed by atoms with van der Waals surface area (Å²) in [5, 5.41) is 2.93. The highest BCUT2D eigenvalue weighted by Gasteiger charge is 2.17. The molecule has 1 atom stereocenters. The highest BCUT2D eigenvalue weighted by Crippen LogP contribution is 2.19. The topological polar surface area (TPSA) is 63.7 Å². The van der Waals surface area contributed by atoms with Gasteiger partial charge < -0.3 is 19.7 Å². The molecule has 0 fully saturated rings. The Labute approximate surface area is 148 Å². The van der Waals surface area contributed by atoms with Crippen molar-refractivity contribution < 1.29 is 14.3 Å². The van der Waals surface area contributed by atoms with Crippen LogP contribution >= 0.6 is 0 Å². The van der Waals surface area contributed by atoms with Crippen LogP contribution in [0.2, 0.25) is 0 Å². The van der Waals surface area contributed by atoms with E-state index >= 15 is 0 Å². The fraction of sp³-hybridized carbons (Fsp3) is 0.368. The van der Waals surface area contributed by atoms with Gasteiger partial charge in [0.2, 0.25) is 0 Å². The molecule has 134 valence electrons. The molecule has 1 N–H and O–H groups in total. The normalized spacial score (nSPS) is 11.8. The van der Waals surface area contributed by atoms with Crippen LogP contribution in [-0.2, 0) is 16.1 Å². The van der Waals surface area contributed by atoms with Gasteiger partial charge in [-0.3, -0.25) is 4.98 Å². The number of rotatable bonds is 8. The van der Waals surface area contributed by atoms with Crippen molar-refractivity contribution in [1.29, 1.82) is 0 Å². The summed E-state index contributed by atoms with van der Waals surface area (Å²) in [4.78, 5) is 18.2. The van der Waals surface area contributed by atoms with Crippen LogP contribution in [-0.4, -0.2) is 43.3 Å². The predicted octanol–water partition coefficient (Wildman–Crippen LogP) is 3.47. The minimum Gasteiger partial charge on any atom is -0.382 e. The molecule has 0 saturated carbocycles. The Bertz CT molecular complexity index is 664. The van der Waals surface area contributed by atoms with Crippen LogP contribution in [0.1, 0.15) is 24.1 Å². The summed E-state index contributed by atoms with van der Waals surface area (Å²) in [5.74, 6) is 0. The molecule has 25 heavy (non-hydrogen) atoms. The van der Waals surface area contributed by atoms with E-state index < -0.39 is 0 Å². The van der Waals surface area contributed by atoms with Crippen molar-refractivity contribution in [3.05, 3.63) is 59.9 Å². The molecule has 1 aromatic carbocycles. The number of hydrogen-bond acceptors (Lipinski definition) is 4. The van der Waals surface area contributed by atoms with Crippen LogP contribution < -0.4 is 5.32 Å². The van der Waals surface area contributed by atoms with Gasteiger partial charge in [0.25, 0.3) is 0 Å². The number of carbonyl (C=O) groups is 1. The summed E-state index contributed by atoms with van der Waals surface area (Å²) >= 11 is 0. The van der Waals surface area contributed by atoms with Gasteiger partial charge in [-0.05, 0) is 42.3 Å². The first-order chi connectivity index (χ1) is 12.1. The molecule has 1 aromatic heterocycles. The monoisotopic (exact) mass is 343 g/mol. The van der Waals surface area contributed by atoms with E-state index in [1.165, 1.54) is 0 Å². The molecular formula is C19H25N3O3. The van der Waals surface area contributed by atoms with E-state index in [-0.39, 0.29) is 12.1 Å². The van der Waals surface area contributed by atoms with Gasteiger partial charge in [0.1, 0.15) is 0 Å². The third-order valence-electron chi connectivity index (χ3n) is 3.97. The number of ether oxygens (including phenoxy) is 2. The summed E-state index contributed by atoms with van der Waals surface area (Å²) in [7, 11) is 3.42. The average Bonchev–Trinajstić information content (AvgIpc) is 2.65. The summed E-state index contributed by atoms with van der Waals surface area (Å²) < 4.78 is 10.5. The smallest absolute Gasteiger partial charge is 0.322 e. The molecule has 0 aliphatic carbocycles. The van der Waals surface area contributed by atoms with Gasteiger partial charge in [0.05, 0.1) is 25.9 Å². The molecule has 1 heterocycles. The lowest BCUT2D eigenvalue weighted by Crippen LogP contribution is -2.33. The molecule has 2 aromatic rings. The van der Waals surface area contributed by atoms with E-state index in [1.807, 2.05) is 43.3 Å². The minimum atomic E-state index is -0.165. The molecule has 6 heteroatoms. The van der Waals surface area contributed by atoms with Crippen molar-refractivity contribution in [2.24, 2.45) is 0 Å². The number of aromatic nitrogens is 1. The molecule has 0 spiro atoms. The molecule has 0 aliphatic heterocycles. The zero-order valence-corrected chi connectivity index (χ0v) is 14.9. The molecule has 0 radical (unpaired) electrons. The van der Waals surface area contributed by atoms with Crippen LogP contribution in [0.25, 0.3) is 0 Å². The van der Waals surface area contributed by atoms with Gasteiger partial charge in [0.15, 0.2) is 0 Å². The highest BCUT2D eigenvalue weighted by atomic mass is 16.5. The molecule has 0 saturated heterocycles. The summed E-state index contributed by atoms with van der Waals surface area (Å²) in [5.41, 5.74) is 2.78. The van der Waals surface area contributed by atoms with Crippen molar-refractivity contribution in [2.45, 2.75) is 19.6 Å². The number of benzene rings is 1. The van der Waals surface area contributed by atoms with Crippen LogP contribution in [0, 0.1) is 0 Å². The number of hydrogen-bond donors (Lipinski definition) is 1. The third kappa shape index (κ3) is 5.85. The Morgan fingerprint density at radius 1 is 1.24 bits per heavy atom. The Morgan fingerprint density at radius 3 is 2.72 bits per heavy atom. The lowest BCUT2D eigenvalue weighted by Gasteiger charge is -2.25. The van der Waals surface area contributed by atoms with Gasteiger partial charge in [0, 0.05) is 32.2 Å². The van der Waals surface area contributed by atoms with Crippen molar-refractivity contribution in [1.82, 2.24) is 9.88 Å². The van der Waals surface area contributed by atoms with E-state index in [2.05, 4.69) is 10.3 Å². The van der Waals surface area contributed by atoms with Gasteiger partial charge in [-0.25, -0.2) is 4.79 Å². The number of anilines is 1. The minimum absolute atomic E-state index is 0.0523. The number of urea groups is 1. The molecule has 0 bridgehead atoms. The van der Waals surface area contributed by atoms with E-state index in [1.54, 1.807) is 31.5 Å². The lowest BCUT2D eigenvalue weighted by atomic mass is 10.1. The zero-order valence-electron chi connectivity index (χ0n) is 14.9. The van der Waals surface area contributed by atoms with Crippen LogP contribution in [0.5, 0.6) is 0 Å². The Hall–Kier alpha value is -2.44. The number of nitrogens with zero attached hydrogens (tertiary/aromatic N) is 2. The Kier molecular flexibility index (Phi) is 7.37. The number of pyridine rings is 1. The second kappa shape index (κ2) is 9.76. The predicted molar refractivity (Wildman–Crippen MR) is 97.4 cm³/mol. The number of nitrogens with one attached hydrogen (secondary N) is 1. The fourth-order valence-corrected chi connectivity index (χ4v) is 2.32. The second-order valence-electron chi connectivity index (χ2n) is 5.74. The van der Waals surface area contributed by atoms with E-state index in [4.69, 9.17) is 9.47 Å². The molecule has 0 unspecified atom stereocenters. The molecule has 2 amide bonds. The van der Waals surface area contributed by atoms with E-state index in [0.717, 1.165) is 16.8 Å². The maximum absolute atomic E-state index is 12.5. The number of methoxy groups -OCH3 is 1. The summed E-state index contributed by atoms with van der Waals surface area (Å²) in [6, 6.07) is 11.2. The number of amides is 2. The average molecular weight is 343 g/mol. The zero-order chi connectivity index (χ0) is 18.1. The number of carbonyl (C=O) groups excluding carboxylic acids is 1. The highest BCUT2D eigenvalue weighted by molar-refractivity contribution is 5.89. The second-order valence-corrected chi connectivity index (χ2v) is 5.74. The first-order valence-electron chi connectivity index (χ1n) is 8.21. The molecular weight excluding hydrogens is 318 g/mol. The van der Waals surface area contributed by atoms with Gasteiger partial charge in [-0.2, -0.15) is 0 Å². The SMILES string of the molecule is COCCOCc1cccc(NC(=O)N(C)[C@@H](C)c2ccncc2)c1. The molecule has 6 nitrogen and oxygen atoms in total. The maximum Gasteiger partial charge on any atom is 0.322 e. The fourth-order valence-electron chi connectivity index (χ4n) is 2.32. The largest absolute Gasteiger partial charge is 0.382 e. The first kappa shape index (κ1) is 18.9. The first-order valence-corrected chi connectivity index (χ1v) is 8.21. The van der Waals surface area contributed by atoms with Crippen molar-refractivity contribution >= 4 is 11.7 Å². The Morgan fingerprint density at radius 2 is 2.00 bits per heavy atom. The Balaban J connectivity index is 1.93. The quantitative estimate of drug-likeness (QED) is 0.746. The van der Waals surface area contributed by atoms with E-state index in [0.29, 0.717) is 19.8 Å². The van der Waals surface area contributed by atoms with Crippen molar-refractivity contribution in [3.63, 3.8) is 0 Å².